The highest BCUT2D eigenvalue weighted by Crippen LogP contribution is 2.35. The first-order valence-electron chi connectivity index (χ1n) is 8.07. The van der Waals surface area contributed by atoms with E-state index < -0.39 is 17.6 Å². The van der Waals surface area contributed by atoms with Gasteiger partial charge in [-0.2, -0.15) is 13.2 Å². The molecule has 0 saturated heterocycles. The number of hydrogen-bond acceptors (Lipinski definition) is 2. The monoisotopic (exact) mass is 398 g/mol. The predicted molar refractivity (Wildman–Crippen MR) is 99.0 cm³/mol. The van der Waals surface area contributed by atoms with Gasteiger partial charge in [0.2, 0.25) is 11.8 Å². The Hall–Kier alpha value is -2.54. The fourth-order valence-electron chi connectivity index (χ4n) is 2.51. The number of nitrogens with zero attached hydrogens (tertiary/aromatic N) is 2. The summed E-state index contributed by atoms with van der Waals surface area (Å²) in [6.45, 7) is 1.12. The molecule has 0 atom stereocenters. The van der Waals surface area contributed by atoms with Gasteiger partial charge in [-0.05, 0) is 30.3 Å². The Labute approximate surface area is 160 Å². The maximum Gasteiger partial charge on any atom is 0.416 e. The lowest BCUT2D eigenvalue weighted by Crippen LogP contribution is -2.35. The third kappa shape index (κ3) is 5.23. The van der Waals surface area contributed by atoms with E-state index in [0.717, 1.165) is 23.1 Å². The molecule has 0 heterocycles. The second kappa shape index (κ2) is 8.43. The Morgan fingerprint density at radius 1 is 1.07 bits per heavy atom. The molecule has 144 valence electrons. The summed E-state index contributed by atoms with van der Waals surface area (Å²) < 4.78 is 38.9. The minimum Gasteiger partial charge on any atom is -0.315 e. The maximum absolute atomic E-state index is 13.0. The number of carbonyl (C=O) groups is 2. The highest BCUT2D eigenvalue weighted by atomic mass is 35.5. The van der Waals surface area contributed by atoms with Gasteiger partial charge in [0.1, 0.15) is 0 Å². The van der Waals surface area contributed by atoms with Crippen molar-refractivity contribution in [2.75, 3.05) is 23.4 Å². The fourth-order valence-corrected chi connectivity index (χ4v) is 2.73. The Balaban J connectivity index is 2.19. The third-order valence-corrected chi connectivity index (χ3v) is 4.33. The molecule has 0 spiro atoms. The van der Waals surface area contributed by atoms with Gasteiger partial charge in [-0.1, -0.05) is 29.8 Å². The number of rotatable bonds is 5. The van der Waals surface area contributed by atoms with Crippen LogP contribution in [0.25, 0.3) is 0 Å². The van der Waals surface area contributed by atoms with Gasteiger partial charge < -0.3 is 9.80 Å². The quantitative estimate of drug-likeness (QED) is 0.728. The molecule has 2 amide bonds. The Morgan fingerprint density at radius 2 is 1.70 bits per heavy atom. The Bertz CT molecular complexity index is 825. The fraction of sp³-hybridized carbons (Fsp3) is 0.263. The average molecular weight is 399 g/mol. The number of amides is 2. The maximum atomic E-state index is 13.0. The van der Waals surface area contributed by atoms with Crippen LogP contribution in [-0.4, -0.2) is 25.4 Å². The van der Waals surface area contributed by atoms with Crippen molar-refractivity contribution >= 4 is 34.8 Å². The Kier molecular flexibility index (Phi) is 6.49. The van der Waals surface area contributed by atoms with Gasteiger partial charge in [0.15, 0.2) is 0 Å². The minimum atomic E-state index is -4.56. The summed E-state index contributed by atoms with van der Waals surface area (Å²) in [4.78, 5) is 26.9. The van der Waals surface area contributed by atoms with E-state index in [9.17, 15) is 22.8 Å². The summed E-state index contributed by atoms with van der Waals surface area (Å²) in [5.74, 6) is -0.790. The highest BCUT2D eigenvalue weighted by molar-refractivity contribution is 6.33. The van der Waals surface area contributed by atoms with E-state index in [1.54, 1.807) is 31.3 Å². The van der Waals surface area contributed by atoms with E-state index in [-0.39, 0.29) is 29.6 Å². The van der Waals surface area contributed by atoms with Crippen LogP contribution in [0.5, 0.6) is 0 Å². The molecular formula is C19H18ClF3N2O2. The molecule has 2 aromatic rings. The third-order valence-electron chi connectivity index (χ3n) is 4.01. The van der Waals surface area contributed by atoms with Crippen LogP contribution in [0, 0.1) is 0 Å². The van der Waals surface area contributed by atoms with Crippen molar-refractivity contribution in [1.29, 1.82) is 0 Å². The van der Waals surface area contributed by atoms with Crippen molar-refractivity contribution in [2.24, 2.45) is 0 Å². The molecule has 8 heteroatoms. The zero-order valence-corrected chi connectivity index (χ0v) is 15.5. The second-order valence-electron chi connectivity index (χ2n) is 5.87. The normalized spacial score (nSPS) is 11.2. The number of carbonyl (C=O) groups excluding carboxylic acids is 2. The van der Waals surface area contributed by atoms with Gasteiger partial charge in [-0.3, -0.25) is 9.59 Å². The van der Waals surface area contributed by atoms with Crippen molar-refractivity contribution in [3.05, 3.63) is 59.1 Å². The number of anilines is 2. The first kappa shape index (κ1) is 20.8. The van der Waals surface area contributed by atoms with E-state index in [1.807, 2.05) is 6.07 Å². The van der Waals surface area contributed by atoms with Gasteiger partial charge in [0.25, 0.3) is 0 Å². The zero-order chi connectivity index (χ0) is 20.2. The highest BCUT2D eigenvalue weighted by Gasteiger charge is 2.32. The molecule has 0 aromatic heterocycles. The molecule has 0 fully saturated rings. The van der Waals surface area contributed by atoms with E-state index in [4.69, 9.17) is 11.6 Å². The lowest BCUT2D eigenvalue weighted by molar-refractivity contribution is -0.137. The smallest absolute Gasteiger partial charge is 0.315 e. The number of alkyl halides is 3. The SMILES string of the molecule is CC(=O)N(CCC(=O)N(C)c1ccccc1)c1cc(C(F)(F)F)ccc1Cl. The lowest BCUT2D eigenvalue weighted by atomic mass is 10.1. The average Bonchev–Trinajstić information content (AvgIpc) is 2.62. The molecule has 27 heavy (non-hydrogen) atoms. The summed E-state index contributed by atoms with van der Waals surface area (Å²) in [5.41, 5.74) is -0.316. The van der Waals surface area contributed by atoms with Crippen molar-refractivity contribution in [1.82, 2.24) is 0 Å². The first-order valence-corrected chi connectivity index (χ1v) is 8.45. The van der Waals surface area contributed by atoms with Gasteiger partial charge in [-0.25, -0.2) is 0 Å². The van der Waals surface area contributed by atoms with Crippen molar-refractivity contribution in [3.8, 4) is 0 Å². The Morgan fingerprint density at radius 3 is 2.26 bits per heavy atom. The first-order chi connectivity index (χ1) is 12.6. The van der Waals surface area contributed by atoms with Crippen LogP contribution in [0.1, 0.15) is 18.9 Å². The molecule has 0 unspecified atom stereocenters. The molecule has 2 rings (SSSR count). The van der Waals surface area contributed by atoms with Crippen LogP contribution in [0.3, 0.4) is 0 Å². The number of halogens is 4. The van der Waals surface area contributed by atoms with E-state index in [2.05, 4.69) is 0 Å². The van der Waals surface area contributed by atoms with Crippen LogP contribution in [-0.2, 0) is 15.8 Å². The summed E-state index contributed by atoms with van der Waals surface area (Å²) in [7, 11) is 1.59. The summed E-state index contributed by atoms with van der Waals surface area (Å²) in [6.07, 6.45) is -4.64. The predicted octanol–water partition coefficient (Wildman–Crippen LogP) is 4.76. The van der Waals surface area contributed by atoms with Crippen LogP contribution >= 0.6 is 11.6 Å². The number of para-hydroxylation sites is 1. The topological polar surface area (TPSA) is 40.6 Å². The second-order valence-corrected chi connectivity index (χ2v) is 6.28. The van der Waals surface area contributed by atoms with Crippen molar-refractivity contribution in [2.45, 2.75) is 19.5 Å². The van der Waals surface area contributed by atoms with Crippen LogP contribution in [0.4, 0.5) is 24.5 Å². The molecular weight excluding hydrogens is 381 g/mol. The summed E-state index contributed by atoms with van der Waals surface area (Å²) >= 11 is 6.00. The molecule has 0 radical (unpaired) electrons. The van der Waals surface area contributed by atoms with Crippen LogP contribution in [0.2, 0.25) is 5.02 Å². The standard InChI is InChI=1S/C19H18ClF3N2O2/c1-13(26)25(17-12-14(19(21,22)23)8-9-16(17)20)11-10-18(27)24(2)15-6-4-3-5-7-15/h3-9,12H,10-11H2,1-2H3. The number of hydrogen-bond donors (Lipinski definition) is 0. The minimum absolute atomic E-state index is 0.00191. The van der Waals surface area contributed by atoms with Crippen molar-refractivity contribution < 1.29 is 22.8 Å². The molecule has 0 aliphatic rings. The number of benzene rings is 2. The summed E-state index contributed by atoms with van der Waals surface area (Å²) in [5, 5.41) is 0.00191. The molecule has 0 N–H and O–H groups in total. The molecule has 0 saturated carbocycles. The molecule has 0 bridgehead atoms. The van der Waals surface area contributed by atoms with Gasteiger partial charge in [-0.15, -0.1) is 0 Å². The lowest BCUT2D eigenvalue weighted by Gasteiger charge is -2.25. The van der Waals surface area contributed by atoms with Gasteiger partial charge in [0, 0.05) is 32.6 Å². The summed E-state index contributed by atoms with van der Waals surface area (Å²) in [6, 6.07) is 11.6. The van der Waals surface area contributed by atoms with Gasteiger partial charge >= 0.3 is 6.18 Å². The zero-order valence-electron chi connectivity index (χ0n) is 14.8. The molecule has 4 nitrogen and oxygen atoms in total. The molecule has 0 aliphatic carbocycles. The molecule has 0 aliphatic heterocycles. The van der Waals surface area contributed by atoms with E-state index in [0.29, 0.717) is 5.69 Å². The van der Waals surface area contributed by atoms with E-state index in [1.165, 1.54) is 11.8 Å². The van der Waals surface area contributed by atoms with Crippen LogP contribution in [0.15, 0.2) is 48.5 Å². The van der Waals surface area contributed by atoms with E-state index >= 15 is 0 Å². The van der Waals surface area contributed by atoms with Crippen molar-refractivity contribution in [3.63, 3.8) is 0 Å². The van der Waals surface area contributed by atoms with Crippen LogP contribution < -0.4 is 9.80 Å². The largest absolute Gasteiger partial charge is 0.416 e. The molecule has 2 aromatic carbocycles. The van der Waals surface area contributed by atoms with Gasteiger partial charge in [0.05, 0.1) is 16.3 Å².